The summed E-state index contributed by atoms with van der Waals surface area (Å²) in [5.74, 6) is 0.617. The maximum atomic E-state index is 12.5. The molecule has 2 N–H and O–H groups in total. The first kappa shape index (κ1) is 18.9. The maximum absolute atomic E-state index is 12.5. The zero-order valence-electron chi connectivity index (χ0n) is 15.0. The van der Waals surface area contributed by atoms with E-state index in [2.05, 4.69) is 38.7 Å². The number of ether oxygens (including phenoxy) is 1. The molecule has 3 aliphatic rings. The Morgan fingerprint density at radius 3 is 2.50 bits per heavy atom. The van der Waals surface area contributed by atoms with E-state index in [-0.39, 0.29) is 5.91 Å². The quantitative estimate of drug-likeness (QED) is 0.779. The molecule has 1 spiro atoms. The van der Waals surface area contributed by atoms with Gasteiger partial charge in [-0.1, -0.05) is 32.6 Å². The molecule has 24 heavy (non-hydrogen) atoms. The molecule has 3 heterocycles. The van der Waals surface area contributed by atoms with Crippen molar-refractivity contribution in [2.24, 2.45) is 11.3 Å². The predicted molar refractivity (Wildman–Crippen MR) is 94.4 cm³/mol. The van der Waals surface area contributed by atoms with Crippen molar-refractivity contribution in [2.45, 2.75) is 46.1 Å². The van der Waals surface area contributed by atoms with Gasteiger partial charge < -0.3 is 15.3 Å². The Morgan fingerprint density at radius 2 is 2.04 bits per heavy atom. The Hall–Kier alpha value is -1.43. The van der Waals surface area contributed by atoms with Gasteiger partial charge in [-0.15, -0.1) is 0 Å². The number of carbonyl (C=O) groups is 1. The lowest BCUT2D eigenvalue weighted by Crippen LogP contribution is -2.43. The third kappa shape index (κ3) is 4.56. The van der Waals surface area contributed by atoms with Gasteiger partial charge in [-0.2, -0.15) is 5.06 Å². The lowest BCUT2D eigenvalue weighted by atomic mass is 9.73. The van der Waals surface area contributed by atoms with E-state index in [0.717, 1.165) is 24.3 Å². The Kier molecular flexibility index (Phi) is 6.38. The first-order valence-corrected chi connectivity index (χ1v) is 8.79. The SMILES string of the molecule is C=C/C=C1/NC(=O)C2(CCN(O)CC2)/C1=C/CC(C)C.CC1CO1. The fourth-order valence-electron chi connectivity index (χ4n) is 3.07. The van der Waals surface area contributed by atoms with Crippen LogP contribution in [0.4, 0.5) is 0 Å². The molecular formula is C19H30N2O3. The number of hydroxylamine groups is 2. The second-order valence-corrected chi connectivity index (χ2v) is 7.20. The van der Waals surface area contributed by atoms with Gasteiger partial charge in [0, 0.05) is 18.8 Å². The number of allylic oxidation sites excluding steroid dienone is 4. The number of amides is 1. The van der Waals surface area contributed by atoms with Crippen molar-refractivity contribution in [3.05, 3.63) is 36.1 Å². The van der Waals surface area contributed by atoms with Gasteiger partial charge >= 0.3 is 0 Å². The van der Waals surface area contributed by atoms with Crippen molar-refractivity contribution in [3.8, 4) is 0 Å². The summed E-state index contributed by atoms with van der Waals surface area (Å²) >= 11 is 0. The van der Waals surface area contributed by atoms with Crippen LogP contribution in [-0.4, -0.2) is 42.0 Å². The lowest BCUT2D eigenvalue weighted by Gasteiger charge is -2.35. The summed E-state index contributed by atoms with van der Waals surface area (Å²) in [7, 11) is 0. The molecule has 3 fully saturated rings. The molecule has 0 radical (unpaired) electrons. The molecule has 3 rings (SSSR count). The Balaban J connectivity index is 0.000000454. The smallest absolute Gasteiger partial charge is 0.235 e. The second kappa shape index (κ2) is 8.10. The summed E-state index contributed by atoms with van der Waals surface area (Å²) in [4.78, 5) is 12.5. The molecule has 5 nitrogen and oxygen atoms in total. The number of hydrogen-bond donors (Lipinski definition) is 2. The number of piperidine rings is 1. The fraction of sp³-hybridized carbons (Fsp3) is 0.632. The van der Waals surface area contributed by atoms with Crippen molar-refractivity contribution in [2.75, 3.05) is 19.7 Å². The van der Waals surface area contributed by atoms with Crippen LogP contribution in [0.15, 0.2) is 36.1 Å². The van der Waals surface area contributed by atoms with E-state index in [9.17, 15) is 10.0 Å². The molecule has 0 aliphatic carbocycles. The highest BCUT2D eigenvalue weighted by molar-refractivity contribution is 5.94. The molecule has 134 valence electrons. The van der Waals surface area contributed by atoms with Crippen molar-refractivity contribution in [1.82, 2.24) is 10.4 Å². The summed E-state index contributed by atoms with van der Waals surface area (Å²) in [5.41, 5.74) is 1.49. The highest BCUT2D eigenvalue weighted by atomic mass is 16.6. The van der Waals surface area contributed by atoms with Crippen LogP contribution >= 0.6 is 0 Å². The average molecular weight is 334 g/mol. The molecule has 5 heteroatoms. The topological polar surface area (TPSA) is 65.1 Å². The van der Waals surface area contributed by atoms with Gasteiger partial charge in [0.1, 0.15) is 0 Å². The minimum absolute atomic E-state index is 0.0636. The van der Waals surface area contributed by atoms with E-state index in [4.69, 9.17) is 4.74 Å². The van der Waals surface area contributed by atoms with Crippen LogP contribution in [0.5, 0.6) is 0 Å². The molecule has 0 aromatic carbocycles. The Morgan fingerprint density at radius 1 is 1.46 bits per heavy atom. The van der Waals surface area contributed by atoms with Crippen molar-refractivity contribution >= 4 is 5.91 Å². The summed E-state index contributed by atoms with van der Waals surface area (Å²) in [5, 5.41) is 13.9. The summed E-state index contributed by atoms with van der Waals surface area (Å²) in [6.45, 7) is 12.2. The molecule has 0 aromatic rings. The largest absolute Gasteiger partial charge is 0.373 e. The number of hydrogen-bond acceptors (Lipinski definition) is 4. The molecule has 1 unspecified atom stereocenters. The van der Waals surface area contributed by atoms with E-state index in [0.29, 0.717) is 38.0 Å². The number of rotatable bonds is 3. The van der Waals surface area contributed by atoms with Crippen molar-refractivity contribution in [1.29, 1.82) is 0 Å². The number of epoxide rings is 1. The standard InChI is InChI=1S/C16H24N2O2.C3H6O/c1-4-5-14-13(7-6-12(2)3)16(15(19)17-14)8-10-18(20)11-9-16;1-3-2-4-3/h4-5,7,12,20H,1,6,8-11H2,2-3H3,(H,17,19);3H,2H2,1H3/b13-7+,14-5+;. The predicted octanol–water partition coefficient (Wildman–Crippen LogP) is 3.04. The first-order valence-electron chi connectivity index (χ1n) is 8.79. The van der Waals surface area contributed by atoms with Gasteiger partial charge in [-0.25, -0.2) is 0 Å². The van der Waals surface area contributed by atoms with Gasteiger partial charge in [0.2, 0.25) is 5.91 Å². The van der Waals surface area contributed by atoms with E-state index >= 15 is 0 Å². The number of nitrogens with zero attached hydrogens (tertiary/aromatic N) is 1. The summed E-state index contributed by atoms with van der Waals surface area (Å²) in [6.07, 6.45) is 8.61. The lowest BCUT2D eigenvalue weighted by molar-refractivity contribution is -0.142. The highest BCUT2D eigenvalue weighted by Crippen LogP contribution is 2.46. The van der Waals surface area contributed by atoms with Gasteiger partial charge in [-0.3, -0.25) is 4.79 Å². The first-order chi connectivity index (χ1) is 11.4. The van der Waals surface area contributed by atoms with Crippen LogP contribution < -0.4 is 5.32 Å². The second-order valence-electron chi connectivity index (χ2n) is 7.20. The molecule has 3 aliphatic heterocycles. The van der Waals surface area contributed by atoms with E-state index in [1.54, 1.807) is 6.08 Å². The third-order valence-corrected chi connectivity index (χ3v) is 4.66. The minimum Gasteiger partial charge on any atom is -0.373 e. The molecular weight excluding hydrogens is 304 g/mol. The van der Waals surface area contributed by atoms with Gasteiger partial charge in [-0.05, 0) is 43.8 Å². The van der Waals surface area contributed by atoms with Crippen LogP contribution in [0, 0.1) is 11.3 Å². The fourth-order valence-corrected chi connectivity index (χ4v) is 3.07. The normalized spacial score (nSPS) is 28.9. The van der Waals surface area contributed by atoms with Crippen LogP contribution in [0.1, 0.15) is 40.0 Å². The highest BCUT2D eigenvalue weighted by Gasteiger charge is 2.50. The van der Waals surface area contributed by atoms with Crippen molar-refractivity contribution in [3.63, 3.8) is 0 Å². The molecule has 0 aromatic heterocycles. The number of carbonyl (C=O) groups excluding carboxylic acids is 1. The van der Waals surface area contributed by atoms with Crippen LogP contribution in [0.25, 0.3) is 0 Å². The minimum atomic E-state index is -0.469. The Labute approximate surface area is 145 Å². The monoisotopic (exact) mass is 334 g/mol. The van der Waals surface area contributed by atoms with Crippen LogP contribution in [-0.2, 0) is 9.53 Å². The van der Waals surface area contributed by atoms with E-state index < -0.39 is 5.41 Å². The van der Waals surface area contributed by atoms with Gasteiger partial charge in [0.15, 0.2) is 0 Å². The van der Waals surface area contributed by atoms with Crippen LogP contribution in [0.3, 0.4) is 0 Å². The average Bonchev–Trinajstić information content (AvgIpc) is 3.27. The van der Waals surface area contributed by atoms with Gasteiger partial charge in [0.05, 0.1) is 18.1 Å². The zero-order chi connectivity index (χ0) is 17.7. The molecule has 0 bridgehead atoms. The maximum Gasteiger partial charge on any atom is 0.235 e. The molecule has 3 saturated heterocycles. The molecule has 1 amide bonds. The summed E-state index contributed by atoms with van der Waals surface area (Å²) in [6, 6.07) is 0. The van der Waals surface area contributed by atoms with Crippen molar-refractivity contribution < 1.29 is 14.7 Å². The third-order valence-electron chi connectivity index (χ3n) is 4.66. The van der Waals surface area contributed by atoms with Gasteiger partial charge in [0.25, 0.3) is 0 Å². The Bertz CT molecular complexity index is 525. The zero-order valence-corrected chi connectivity index (χ0v) is 15.0. The van der Waals surface area contributed by atoms with E-state index in [1.165, 1.54) is 5.06 Å². The molecule has 1 atom stereocenters. The molecule has 0 saturated carbocycles. The summed E-state index contributed by atoms with van der Waals surface area (Å²) < 4.78 is 4.71. The number of nitrogens with one attached hydrogen (secondary N) is 1. The van der Waals surface area contributed by atoms with E-state index in [1.807, 2.05) is 6.08 Å². The van der Waals surface area contributed by atoms with Crippen LogP contribution in [0.2, 0.25) is 0 Å².